The summed E-state index contributed by atoms with van der Waals surface area (Å²) >= 11 is 0. The average Bonchev–Trinajstić information content (AvgIpc) is 3.33. The van der Waals surface area contributed by atoms with E-state index in [0.29, 0.717) is 35.7 Å². The minimum Gasteiger partial charge on any atom is -0.461 e. The number of carbonyl (C=O) groups excluding carboxylic acids is 3. The molecule has 0 aliphatic carbocycles. The largest absolute Gasteiger partial charge is 0.461 e. The van der Waals surface area contributed by atoms with Crippen molar-refractivity contribution in [3.63, 3.8) is 0 Å². The van der Waals surface area contributed by atoms with Crippen molar-refractivity contribution in [2.24, 2.45) is 0 Å². The number of nitrogens with zero attached hydrogens (tertiary/aromatic N) is 1. The first-order valence-electron chi connectivity index (χ1n) is 9.70. The lowest BCUT2D eigenvalue weighted by molar-refractivity contribution is 0.0520. The molecule has 2 amide bonds. The van der Waals surface area contributed by atoms with Crippen LogP contribution in [0.2, 0.25) is 0 Å². The smallest absolute Gasteiger partial charge is 0.356 e. The molecule has 4 rings (SSSR count). The third kappa shape index (κ3) is 3.57. The van der Waals surface area contributed by atoms with Crippen LogP contribution in [0.25, 0.3) is 0 Å². The summed E-state index contributed by atoms with van der Waals surface area (Å²) < 4.78 is 5.05. The van der Waals surface area contributed by atoms with Crippen molar-refractivity contribution in [2.45, 2.75) is 20.0 Å². The van der Waals surface area contributed by atoms with Gasteiger partial charge in [0.05, 0.1) is 30.0 Å². The van der Waals surface area contributed by atoms with Crippen molar-refractivity contribution in [1.82, 2.24) is 9.88 Å². The third-order valence-electron chi connectivity index (χ3n) is 5.02. The van der Waals surface area contributed by atoms with Crippen LogP contribution in [0.15, 0.2) is 60.8 Å². The molecular formula is C23H21N3O4. The summed E-state index contributed by atoms with van der Waals surface area (Å²) in [5.74, 6) is -0.994. The molecule has 0 atom stereocenters. The maximum absolute atomic E-state index is 12.7. The van der Waals surface area contributed by atoms with Gasteiger partial charge in [0.1, 0.15) is 5.69 Å². The standard InChI is InChI=1S/C23H21N3O4/c1-2-30-23(29)20-19(11-12-24-20)25-13-15-7-3-4-8-16(15)14-26-21(27)17-9-5-6-10-18(17)22(26)28/h3-12,24-25H,2,13-14H2,1H3. The second-order valence-electron chi connectivity index (χ2n) is 6.85. The molecule has 7 nitrogen and oxygen atoms in total. The second kappa shape index (κ2) is 8.24. The highest BCUT2D eigenvalue weighted by Crippen LogP contribution is 2.25. The number of esters is 1. The maximum Gasteiger partial charge on any atom is 0.356 e. The molecule has 152 valence electrons. The number of ether oxygens (including phenoxy) is 1. The number of carbonyl (C=O) groups is 3. The number of hydrogen-bond acceptors (Lipinski definition) is 5. The van der Waals surface area contributed by atoms with Crippen LogP contribution >= 0.6 is 0 Å². The van der Waals surface area contributed by atoms with E-state index in [1.165, 1.54) is 4.90 Å². The van der Waals surface area contributed by atoms with Crippen LogP contribution < -0.4 is 5.32 Å². The van der Waals surface area contributed by atoms with Crippen molar-refractivity contribution < 1.29 is 19.1 Å². The molecule has 1 aromatic heterocycles. The third-order valence-corrected chi connectivity index (χ3v) is 5.02. The van der Waals surface area contributed by atoms with Crippen LogP contribution in [-0.4, -0.2) is 34.3 Å². The fraction of sp³-hybridized carbons (Fsp3) is 0.174. The first-order valence-corrected chi connectivity index (χ1v) is 9.70. The molecule has 1 aliphatic rings. The van der Waals surface area contributed by atoms with Gasteiger partial charge in [-0.3, -0.25) is 14.5 Å². The normalized spacial score (nSPS) is 12.8. The minimum absolute atomic E-state index is 0.183. The van der Waals surface area contributed by atoms with Crippen LogP contribution in [0.4, 0.5) is 5.69 Å². The van der Waals surface area contributed by atoms with Crippen LogP contribution in [-0.2, 0) is 17.8 Å². The Morgan fingerprint density at radius 2 is 1.60 bits per heavy atom. The molecule has 0 unspecified atom stereocenters. The molecule has 0 saturated carbocycles. The van der Waals surface area contributed by atoms with E-state index in [1.807, 2.05) is 24.3 Å². The van der Waals surface area contributed by atoms with Gasteiger partial charge in [0, 0.05) is 12.7 Å². The Kier molecular flexibility index (Phi) is 5.34. The summed E-state index contributed by atoms with van der Waals surface area (Å²) in [5.41, 5.74) is 3.63. The SMILES string of the molecule is CCOC(=O)c1[nH]ccc1NCc1ccccc1CN1C(=O)c2ccccc2C1=O. The number of benzene rings is 2. The van der Waals surface area contributed by atoms with Crippen molar-refractivity contribution in [3.05, 3.63) is 88.7 Å². The molecular weight excluding hydrogens is 382 g/mol. The van der Waals surface area contributed by atoms with Gasteiger partial charge in [-0.15, -0.1) is 0 Å². The Labute approximate surface area is 173 Å². The zero-order valence-electron chi connectivity index (χ0n) is 16.5. The van der Waals surface area contributed by atoms with E-state index in [-0.39, 0.29) is 18.4 Å². The minimum atomic E-state index is -0.427. The predicted octanol–water partition coefficient (Wildman–Crippen LogP) is 3.60. The number of fused-ring (bicyclic) bond motifs is 1. The van der Waals surface area contributed by atoms with E-state index < -0.39 is 5.97 Å². The maximum atomic E-state index is 12.7. The Morgan fingerprint density at radius 3 is 2.27 bits per heavy atom. The molecule has 30 heavy (non-hydrogen) atoms. The predicted molar refractivity (Wildman–Crippen MR) is 111 cm³/mol. The fourth-order valence-electron chi connectivity index (χ4n) is 3.52. The number of H-pyrrole nitrogens is 1. The number of nitrogens with one attached hydrogen (secondary N) is 2. The first-order chi connectivity index (χ1) is 14.6. The van der Waals surface area contributed by atoms with Crippen molar-refractivity contribution in [1.29, 1.82) is 0 Å². The topological polar surface area (TPSA) is 91.5 Å². The molecule has 2 aromatic carbocycles. The summed E-state index contributed by atoms with van der Waals surface area (Å²) in [7, 11) is 0. The van der Waals surface area contributed by atoms with Gasteiger partial charge in [-0.25, -0.2) is 4.79 Å². The Balaban J connectivity index is 1.51. The highest BCUT2D eigenvalue weighted by Gasteiger charge is 2.35. The van der Waals surface area contributed by atoms with E-state index in [2.05, 4.69) is 10.3 Å². The van der Waals surface area contributed by atoms with Crippen molar-refractivity contribution in [2.75, 3.05) is 11.9 Å². The molecule has 0 bridgehead atoms. The van der Waals surface area contributed by atoms with Gasteiger partial charge in [0.15, 0.2) is 0 Å². The van der Waals surface area contributed by atoms with E-state index in [9.17, 15) is 14.4 Å². The Bertz CT molecular complexity index is 1080. The summed E-state index contributed by atoms with van der Waals surface area (Å²) in [4.78, 5) is 41.6. The van der Waals surface area contributed by atoms with E-state index in [0.717, 1.165) is 11.1 Å². The number of aromatic amines is 1. The highest BCUT2D eigenvalue weighted by molar-refractivity contribution is 6.21. The van der Waals surface area contributed by atoms with Crippen molar-refractivity contribution >= 4 is 23.5 Å². The Morgan fingerprint density at radius 1 is 0.967 bits per heavy atom. The lowest BCUT2D eigenvalue weighted by atomic mass is 10.1. The number of aromatic nitrogens is 1. The number of rotatable bonds is 7. The van der Waals surface area contributed by atoms with Gasteiger partial charge in [0.2, 0.25) is 0 Å². The molecule has 0 radical (unpaired) electrons. The molecule has 0 saturated heterocycles. The summed E-state index contributed by atoms with van der Waals surface area (Å²) in [6.45, 7) is 2.65. The molecule has 2 N–H and O–H groups in total. The number of hydrogen-bond donors (Lipinski definition) is 2. The molecule has 3 aromatic rings. The number of imide groups is 1. The zero-order valence-corrected chi connectivity index (χ0v) is 16.5. The van der Waals surface area contributed by atoms with Gasteiger partial charge in [-0.2, -0.15) is 0 Å². The molecule has 0 spiro atoms. The summed E-state index contributed by atoms with van der Waals surface area (Å²) in [5, 5.41) is 3.23. The molecule has 7 heteroatoms. The van der Waals surface area contributed by atoms with Gasteiger partial charge in [-0.05, 0) is 36.2 Å². The van der Waals surface area contributed by atoms with Crippen LogP contribution in [0.5, 0.6) is 0 Å². The van der Waals surface area contributed by atoms with Gasteiger partial charge in [0.25, 0.3) is 11.8 Å². The number of amides is 2. The quantitative estimate of drug-likeness (QED) is 0.465. The lowest BCUT2D eigenvalue weighted by Crippen LogP contribution is -2.29. The molecule has 0 fully saturated rings. The van der Waals surface area contributed by atoms with Crippen LogP contribution in [0.3, 0.4) is 0 Å². The average molecular weight is 403 g/mol. The number of anilines is 1. The van der Waals surface area contributed by atoms with Crippen LogP contribution in [0, 0.1) is 0 Å². The second-order valence-corrected chi connectivity index (χ2v) is 6.85. The highest BCUT2D eigenvalue weighted by atomic mass is 16.5. The van der Waals surface area contributed by atoms with E-state index in [1.54, 1.807) is 43.5 Å². The fourth-order valence-corrected chi connectivity index (χ4v) is 3.52. The zero-order chi connectivity index (χ0) is 21.1. The summed E-state index contributed by atoms with van der Waals surface area (Å²) in [6, 6.07) is 16.2. The van der Waals surface area contributed by atoms with E-state index >= 15 is 0 Å². The van der Waals surface area contributed by atoms with Gasteiger partial charge in [-0.1, -0.05) is 36.4 Å². The Hall–Kier alpha value is -3.87. The molecule has 1 aliphatic heterocycles. The molecule has 2 heterocycles. The monoisotopic (exact) mass is 403 g/mol. The van der Waals surface area contributed by atoms with Gasteiger partial charge < -0.3 is 15.0 Å². The van der Waals surface area contributed by atoms with E-state index in [4.69, 9.17) is 4.74 Å². The van der Waals surface area contributed by atoms with Crippen LogP contribution in [0.1, 0.15) is 49.3 Å². The summed E-state index contributed by atoms with van der Waals surface area (Å²) in [6.07, 6.45) is 1.67. The van der Waals surface area contributed by atoms with Gasteiger partial charge >= 0.3 is 5.97 Å². The van der Waals surface area contributed by atoms with Crippen molar-refractivity contribution in [3.8, 4) is 0 Å². The first kappa shape index (κ1) is 19.4. The lowest BCUT2D eigenvalue weighted by Gasteiger charge is -2.17.